The first-order valence-electron chi connectivity index (χ1n) is 8.52. The van der Waals surface area contributed by atoms with Crippen LogP contribution in [0.5, 0.6) is 0 Å². The van der Waals surface area contributed by atoms with Gasteiger partial charge in [0, 0.05) is 18.7 Å². The van der Waals surface area contributed by atoms with Crippen molar-refractivity contribution in [2.24, 2.45) is 0 Å². The van der Waals surface area contributed by atoms with E-state index in [1.54, 1.807) is 19.1 Å². The summed E-state index contributed by atoms with van der Waals surface area (Å²) >= 11 is 0. The molecule has 1 amide bonds. The molecule has 0 unspecified atom stereocenters. The van der Waals surface area contributed by atoms with E-state index in [2.05, 4.69) is 4.18 Å². The molecule has 1 aliphatic rings. The first-order valence-corrected chi connectivity index (χ1v) is 9.93. The molecule has 0 radical (unpaired) electrons. The van der Waals surface area contributed by atoms with E-state index in [4.69, 9.17) is 5.11 Å². The third-order valence-electron chi connectivity index (χ3n) is 4.62. The maximum absolute atomic E-state index is 14.6. The fourth-order valence-corrected chi connectivity index (χ4v) is 3.86. The van der Waals surface area contributed by atoms with Crippen molar-refractivity contribution in [2.75, 3.05) is 13.2 Å². The van der Waals surface area contributed by atoms with Gasteiger partial charge in [0.1, 0.15) is 6.61 Å². The minimum atomic E-state index is -4.32. The van der Waals surface area contributed by atoms with Crippen molar-refractivity contribution in [3.63, 3.8) is 0 Å². The summed E-state index contributed by atoms with van der Waals surface area (Å²) in [6, 6.07) is 9.64. The fraction of sp³-hybridized carbons (Fsp3) is 0.316. The van der Waals surface area contributed by atoms with Crippen LogP contribution in [0.4, 0.5) is 13.6 Å². The molecule has 0 saturated heterocycles. The van der Waals surface area contributed by atoms with Crippen LogP contribution in [0.3, 0.4) is 0 Å². The van der Waals surface area contributed by atoms with E-state index in [1.165, 1.54) is 30.3 Å². The van der Waals surface area contributed by atoms with E-state index >= 15 is 0 Å². The molecule has 3 rings (SSSR count). The lowest BCUT2D eigenvalue weighted by Crippen LogP contribution is -2.35. The molecule has 1 aliphatic heterocycles. The van der Waals surface area contributed by atoms with E-state index in [1.807, 2.05) is 0 Å². The van der Waals surface area contributed by atoms with Crippen LogP contribution in [0.1, 0.15) is 22.3 Å². The average molecular weight is 411 g/mol. The highest BCUT2D eigenvalue weighted by atomic mass is 32.2. The molecule has 0 spiro atoms. The Hall–Kier alpha value is -2.52. The second kappa shape index (κ2) is 7.48. The van der Waals surface area contributed by atoms with Crippen LogP contribution in [-0.4, -0.2) is 37.7 Å². The first kappa shape index (κ1) is 20.2. The van der Waals surface area contributed by atoms with Gasteiger partial charge in [-0.3, -0.25) is 4.18 Å². The van der Waals surface area contributed by atoms with Crippen molar-refractivity contribution >= 4 is 16.2 Å². The lowest BCUT2D eigenvalue weighted by molar-refractivity contribution is -0.0451. The second-order valence-electron chi connectivity index (χ2n) is 6.67. The average Bonchev–Trinajstić information content (AvgIpc) is 2.66. The molecule has 28 heavy (non-hydrogen) atoms. The van der Waals surface area contributed by atoms with Crippen LogP contribution in [0.2, 0.25) is 0 Å². The Morgan fingerprint density at radius 1 is 1.18 bits per heavy atom. The number of benzene rings is 2. The largest absolute Gasteiger partial charge is 0.465 e. The number of aryl methyl sites for hydroxylation is 1. The molecule has 1 N–H and O–H groups in total. The predicted octanol–water partition coefficient (Wildman–Crippen LogP) is 3.53. The van der Waals surface area contributed by atoms with E-state index in [0.717, 1.165) is 16.0 Å². The molecular formula is C19H19F2NO5S. The van der Waals surface area contributed by atoms with E-state index in [9.17, 15) is 22.0 Å². The Kier molecular flexibility index (Phi) is 5.40. The highest BCUT2D eigenvalue weighted by Crippen LogP contribution is 2.32. The Bertz CT molecular complexity index is 990. The highest BCUT2D eigenvalue weighted by Gasteiger charge is 2.36. The van der Waals surface area contributed by atoms with Gasteiger partial charge in [0.25, 0.3) is 16.0 Å². The van der Waals surface area contributed by atoms with Gasteiger partial charge in [-0.15, -0.1) is 0 Å². The number of carboxylic acid groups (broad SMARTS) is 1. The van der Waals surface area contributed by atoms with Gasteiger partial charge in [0.05, 0.1) is 4.90 Å². The van der Waals surface area contributed by atoms with E-state index in [-0.39, 0.29) is 11.4 Å². The molecule has 0 atom stereocenters. The number of carbonyl (C=O) groups is 1. The van der Waals surface area contributed by atoms with Crippen molar-refractivity contribution in [1.29, 1.82) is 0 Å². The zero-order valence-electron chi connectivity index (χ0n) is 15.1. The quantitative estimate of drug-likeness (QED) is 0.761. The minimum absolute atomic E-state index is 0.0110. The fourth-order valence-electron chi connectivity index (χ4n) is 2.96. The van der Waals surface area contributed by atoms with Gasteiger partial charge in [-0.05, 0) is 42.7 Å². The van der Waals surface area contributed by atoms with Gasteiger partial charge in [-0.1, -0.05) is 29.8 Å². The van der Waals surface area contributed by atoms with Gasteiger partial charge in [0.2, 0.25) is 0 Å². The van der Waals surface area contributed by atoms with Crippen LogP contribution in [0, 0.1) is 6.92 Å². The Labute approximate surface area is 161 Å². The summed E-state index contributed by atoms with van der Waals surface area (Å²) in [7, 11) is -4.32. The normalized spacial score (nSPS) is 14.6. The van der Waals surface area contributed by atoms with Gasteiger partial charge in [-0.2, -0.15) is 17.2 Å². The molecule has 9 heteroatoms. The summed E-state index contributed by atoms with van der Waals surface area (Å²) in [5, 5.41) is 9.08. The molecule has 0 bridgehead atoms. The summed E-state index contributed by atoms with van der Waals surface area (Å²) in [6.07, 6.45) is -0.679. The molecule has 150 valence electrons. The topological polar surface area (TPSA) is 83.9 Å². The molecule has 2 aromatic carbocycles. The monoisotopic (exact) mass is 411 g/mol. The van der Waals surface area contributed by atoms with Gasteiger partial charge in [0.15, 0.2) is 0 Å². The summed E-state index contributed by atoms with van der Waals surface area (Å²) in [4.78, 5) is 12.0. The number of rotatable bonds is 5. The summed E-state index contributed by atoms with van der Waals surface area (Å²) in [6.45, 7) is 0.741. The van der Waals surface area contributed by atoms with Crippen LogP contribution < -0.4 is 0 Å². The minimum Gasteiger partial charge on any atom is -0.465 e. The molecule has 6 nitrogen and oxygen atoms in total. The lowest BCUT2D eigenvalue weighted by atomic mass is 9.95. The number of alkyl halides is 2. The van der Waals surface area contributed by atoms with Crippen LogP contribution >= 0.6 is 0 Å². The van der Waals surface area contributed by atoms with Crippen molar-refractivity contribution in [1.82, 2.24) is 4.90 Å². The number of hydrogen-bond donors (Lipinski definition) is 1. The van der Waals surface area contributed by atoms with Crippen molar-refractivity contribution in [3.8, 4) is 0 Å². The van der Waals surface area contributed by atoms with Gasteiger partial charge < -0.3 is 10.0 Å². The zero-order chi connectivity index (χ0) is 20.5. The maximum Gasteiger partial charge on any atom is 0.407 e. The molecule has 0 saturated carbocycles. The highest BCUT2D eigenvalue weighted by molar-refractivity contribution is 7.86. The molecule has 0 aliphatic carbocycles. The van der Waals surface area contributed by atoms with E-state index < -0.39 is 34.3 Å². The third-order valence-corrected chi connectivity index (χ3v) is 5.89. The number of nitrogens with zero attached hydrogens (tertiary/aromatic N) is 1. The van der Waals surface area contributed by atoms with Crippen LogP contribution in [0.25, 0.3) is 0 Å². The number of hydrogen-bond acceptors (Lipinski definition) is 4. The van der Waals surface area contributed by atoms with Crippen molar-refractivity contribution in [2.45, 2.75) is 30.7 Å². The van der Waals surface area contributed by atoms with Gasteiger partial charge >= 0.3 is 6.09 Å². The standard InChI is InChI=1S/C19H19F2NO5S/c1-13-2-6-17(7-3-13)28(25,26)27-12-19(20,21)16-5-4-14-8-9-22(18(23)24)11-15(14)10-16/h2-7,10H,8-9,11-12H2,1H3,(H,23,24). The Balaban J connectivity index is 1.77. The van der Waals surface area contributed by atoms with Crippen molar-refractivity contribution in [3.05, 3.63) is 64.7 Å². The SMILES string of the molecule is Cc1ccc(S(=O)(=O)OCC(F)(F)c2ccc3c(c2)CN(C(=O)O)CC3)cc1. The predicted molar refractivity (Wildman–Crippen MR) is 96.8 cm³/mol. The smallest absolute Gasteiger partial charge is 0.407 e. The van der Waals surface area contributed by atoms with Crippen LogP contribution in [0.15, 0.2) is 47.4 Å². The van der Waals surface area contributed by atoms with Crippen LogP contribution in [-0.2, 0) is 33.2 Å². The maximum atomic E-state index is 14.6. The number of amides is 1. The first-order chi connectivity index (χ1) is 13.1. The zero-order valence-corrected chi connectivity index (χ0v) is 15.9. The summed E-state index contributed by atoms with van der Waals surface area (Å²) in [5.41, 5.74) is 1.68. The summed E-state index contributed by atoms with van der Waals surface area (Å²) in [5.74, 6) is -3.56. The molecule has 0 aromatic heterocycles. The molecule has 0 fully saturated rings. The number of fused-ring (bicyclic) bond motifs is 1. The molecular weight excluding hydrogens is 392 g/mol. The van der Waals surface area contributed by atoms with E-state index in [0.29, 0.717) is 18.5 Å². The lowest BCUT2D eigenvalue weighted by Gasteiger charge is -2.27. The van der Waals surface area contributed by atoms with Crippen molar-refractivity contribution < 1.29 is 31.3 Å². The number of halogens is 2. The van der Waals surface area contributed by atoms with Gasteiger partial charge in [-0.25, -0.2) is 4.79 Å². The summed E-state index contributed by atoms with van der Waals surface area (Å²) < 4.78 is 58.0. The third kappa shape index (κ3) is 4.31. The molecule has 1 heterocycles. The second-order valence-corrected chi connectivity index (χ2v) is 8.29. The molecule has 2 aromatic rings. The Morgan fingerprint density at radius 2 is 1.86 bits per heavy atom. The Morgan fingerprint density at radius 3 is 2.50 bits per heavy atom.